The third kappa shape index (κ3) is 21.8. The topological polar surface area (TPSA) is 828 Å². The first kappa shape index (κ1) is 102. The van der Waals surface area contributed by atoms with Crippen LogP contribution in [-0.2, 0) is 114 Å². The number of hydrogen-bond acceptors (Lipinski definition) is 52. The number of ether oxygens (including phenoxy) is 22. The number of aliphatic hydroxyl groups is 28. The summed E-state index contributed by atoms with van der Waals surface area (Å²) in [5.41, 5.74) is 0. The van der Waals surface area contributed by atoms with E-state index in [-0.39, 0.29) is 0 Å². The lowest BCUT2D eigenvalue weighted by Crippen LogP contribution is -2.71. The molecule has 0 saturated carbocycles. The summed E-state index contributed by atoms with van der Waals surface area (Å²) >= 11 is 0. The Morgan fingerprint density at radius 2 is 0.472 bits per heavy atom. The first-order valence-electron chi connectivity index (χ1n) is 40.5. The van der Waals surface area contributed by atoms with Crippen molar-refractivity contribution >= 4 is 11.8 Å². The highest BCUT2D eigenvalue weighted by molar-refractivity contribution is 5.73. The van der Waals surface area contributed by atoms with Crippen LogP contribution in [0, 0.1) is 0 Å². The predicted molar refractivity (Wildman–Crippen MR) is 385 cm³/mol. The van der Waals surface area contributed by atoms with Gasteiger partial charge in [0.05, 0.1) is 70.7 Å². The highest BCUT2D eigenvalue weighted by Crippen LogP contribution is 2.43. The number of nitrogens with one attached hydrogen (secondary N) is 2. The molecule has 0 radical (unpaired) electrons. The van der Waals surface area contributed by atoms with E-state index < -0.39 is 396 Å². The molecule has 0 aromatic rings. The van der Waals surface area contributed by atoms with E-state index in [0.29, 0.717) is 0 Å². The molecule has 11 aliphatic heterocycles. The fourth-order valence-corrected chi connectivity index (χ4v) is 16.5. The normalized spacial score (nSPS) is 52.6. The molecule has 11 rings (SSSR count). The van der Waals surface area contributed by atoms with E-state index in [1.54, 1.807) is 0 Å². The molecule has 0 aliphatic carbocycles. The van der Waals surface area contributed by atoms with Crippen molar-refractivity contribution in [3.8, 4) is 0 Å². The molecular formula is C71H120N2O52. The predicted octanol–water partition coefficient (Wildman–Crippen LogP) is -19.9. The van der Waals surface area contributed by atoms with Gasteiger partial charge in [0.25, 0.3) is 0 Å². The molecule has 55 atom stereocenters. The molecule has 54 nitrogen and oxygen atoms in total. The van der Waals surface area contributed by atoms with Gasteiger partial charge in [-0.15, -0.1) is 0 Å². The average Bonchev–Trinajstić information content (AvgIpc) is 0.718. The number of amides is 2. The smallest absolute Gasteiger partial charge is 0.217 e. The third-order valence-electron chi connectivity index (χ3n) is 23.8. The monoisotopic (exact) mass is 1830 g/mol. The van der Waals surface area contributed by atoms with Gasteiger partial charge in [-0.3, -0.25) is 9.59 Å². The van der Waals surface area contributed by atoms with Gasteiger partial charge in [-0.2, -0.15) is 0 Å². The fourth-order valence-electron chi connectivity index (χ4n) is 16.5. The van der Waals surface area contributed by atoms with Gasteiger partial charge in [-0.25, -0.2) is 0 Å². The summed E-state index contributed by atoms with van der Waals surface area (Å²) in [6.07, 6.45) is -107. The second-order valence-electron chi connectivity index (χ2n) is 32.5. The molecule has 0 spiro atoms. The number of methoxy groups -OCH3 is 1. The van der Waals surface area contributed by atoms with Crippen LogP contribution in [0.2, 0.25) is 0 Å². The van der Waals surface area contributed by atoms with Gasteiger partial charge in [-0.1, -0.05) is 0 Å². The van der Waals surface area contributed by atoms with Crippen LogP contribution in [0.15, 0.2) is 0 Å². The van der Waals surface area contributed by atoms with Crippen LogP contribution in [0.4, 0.5) is 0 Å². The Morgan fingerprint density at radius 1 is 0.232 bits per heavy atom. The minimum Gasteiger partial charge on any atom is -0.394 e. The van der Waals surface area contributed by atoms with Gasteiger partial charge >= 0.3 is 0 Å². The van der Waals surface area contributed by atoms with E-state index in [9.17, 15) is 153 Å². The molecule has 11 heterocycles. The van der Waals surface area contributed by atoms with Gasteiger partial charge in [0.15, 0.2) is 69.2 Å². The van der Waals surface area contributed by atoms with Crippen molar-refractivity contribution in [1.29, 1.82) is 0 Å². The number of carbonyl (C=O) groups is 2. The Hall–Kier alpha value is -3.06. The number of carbonyl (C=O) groups excluding carboxylic acids is 2. The lowest BCUT2D eigenvalue weighted by Gasteiger charge is -2.52. The molecule has 11 saturated heterocycles. The zero-order valence-electron chi connectivity index (χ0n) is 68.0. The summed E-state index contributed by atoms with van der Waals surface area (Å²) in [6.45, 7) is -1.04. The first-order valence-corrected chi connectivity index (χ1v) is 40.5. The molecule has 726 valence electrons. The lowest BCUT2D eigenvalue weighted by atomic mass is 9.93. The van der Waals surface area contributed by atoms with Crippen LogP contribution in [0.5, 0.6) is 0 Å². The highest BCUT2D eigenvalue weighted by atomic mass is 16.8. The molecule has 0 aromatic heterocycles. The Balaban J connectivity index is 0.887. The number of rotatable bonds is 30. The molecule has 0 unspecified atom stereocenters. The van der Waals surface area contributed by atoms with Crippen molar-refractivity contribution < 1.29 is 257 Å². The molecule has 11 fully saturated rings. The maximum atomic E-state index is 13.6. The van der Waals surface area contributed by atoms with E-state index in [2.05, 4.69) is 10.6 Å². The highest BCUT2D eigenvalue weighted by Gasteiger charge is 2.63. The quantitative estimate of drug-likeness (QED) is 0.0318. The molecule has 11 aliphatic rings. The fraction of sp³-hybridized carbons (Fsp3) is 0.972. The van der Waals surface area contributed by atoms with Crippen molar-refractivity contribution in [3.63, 3.8) is 0 Å². The third-order valence-corrected chi connectivity index (χ3v) is 23.8. The van der Waals surface area contributed by atoms with E-state index in [1.807, 2.05) is 0 Å². The summed E-state index contributed by atoms with van der Waals surface area (Å²) in [4.78, 5) is 27.2. The SMILES string of the molecule is CO[C@H]1O[C@H](CO[C@H]2O[C@H](CO)[C@@H](O)[C@H](O)[C@@H]2O[C@@H]2O[C@H](CO)[C@@H](O[C@@H]3O[C@H](CO)[C@H](O)[C@H](O)[C@H]3O[C@H]3O[C@H](C)[C@H](O)[C@H](O)[C@H]3O)[C@H](O[C@H]3O[C@H](C)[C@H](O)[C@H](O)[C@H]3O)[C@H]2NC(C)=O)[C@@H](O)[C@H](O[C@H]2O[C@H](CO)[C@@H](O)[C@H](O)[C@@H]2O[C@@H]2O[C@H](CO)[C@@H](O[C@@H]3O[C@H](CO)[C@H](O)[C@H](O)[C@H]3O[C@H]3O[C@H](C)[C@H](O)[C@H](O)[C@H]3O)[C@H](O[C@H]3O[C@H](C)[C@H](O)[C@H](O)[C@H]3O)[C@H]2NC(C)=O)[C@@H]1O. The maximum Gasteiger partial charge on any atom is 0.217 e. The zero-order chi connectivity index (χ0) is 91.8. The molecule has 30 N–H and O–H groups in total. The Bertz CT molecular complexity index is 3330. The van der Waals surface area contributed by atoms with E-state index in [1.165, 1.54) is 27.7 Å². The van der Waals surface area contributed by atoms with Crippen molar-refractivity contribution in [2.75, 3.05) is 53.4 Å². The van der Waals surface area contributed by atoms with Gasteiger partial charge < -0.3 is 258 Å². The van der Waals surface area contributed by atoms with Crippen molar-refractivity contribution in [3.05, 3.63) is 0 Å². The van der Waals surface area contributed by atoms with Crippen LogP contribution >= 0.6 is 0 Å². The van der Waals surface area contributed by atoms with E-state index in [0.717, 1.165) is 21.0 Å². The largest absolute Gasteiger partial charge is 0.394 e. The van der Waals surface area contributed by atoms with E-state index >= 15 is 0 Å². The van der Waals surface area contributed by atoms with Crippen LogP contribution in [-0.4, -0.2) is 546 Å². The number of aliphatic hydroxyl groups excluding tert-OH is 28. The molecule has 0 bridgehead atoms. The van der Waals surface area contributed by atoms with Gasteiger partial charge in [0.1, 0.15) is 244 Å². The van der Waals surface area contributed by atoms with Crippen molar-refractivity contribution in [2.24, 2.45) is 0 Å². The summed E-state index contributed by atoms with van der Waals surface area (Å²) < 4.78 is 133. The minimum atomic E-state index is -2.39. The van der Waals surface area contributed by atoms with Crippen molar-refractivity contribution in [1.82, 2.24) is 10.6 Å². The Labute approximate surface area is 709 Å². The molecular weight excluding hydrogens is 1710 g/mol. The van der Waals surface area contributed by atoms with Crippen LogP contribution in [0.1, 0.15) is 41.5 Å². The first-order chi connectivity index (χ1) is 59.1. The van der Waals surface area contributed by atoms with Gasteiger partial charge in [0.2, 0.25) is 11.8 Å². The molecule has 0 aromatic carbocycles. The molecule has 125 heavy (non-hydrogen) atoms. The van der Waals surface area contributed by atoms with E-state index in [4.69, 9.17) is 104 Å². The van der Waals surface area contributed by atoms with Crippen molar-refractivity contribution in [2.45, 2.75) is 379 Å². The average molecular weight is 1830 g/mol. The molecule has 54 heteroatoms. The Kier molecular flexibility index (Phi) is 36.0. The summed E-state index contributed by atoms with van der Waals surface area (Å²) in [7, 11) is 0.983. The Morgan fingerprint density at radius 3 is 0.752 bits per heavy atom. The molecule has 2 amide bonds. The summed E-state index contributed by atoms with van der Waals surface area (Å²) in [5.74, 6) is -2.01. The minimum absolute atomic E-state index is 0.925. The number of hydrogen-bond donors (Lipinski definition) is 30. The lowest BCUT2D eigenvalue weighted by molar-refractivity contribution is -0.406. The standard InChI is InChI=1S/C71H120N2O52/c1-15-30(82)39(91)47(99)64(106-15)119-54-28(72-19(5)80)61(114-25(12-78)52(54)117-69-59(45(97)36(88)22(9-75)111-69)124-66-49(101)41(93)32(84)17(3)108-66)122-57-43(95)34(86)21(8-74)110-68(57)105-14-27-38(90)56(51(103)63(104-7)116-27)121-71-58(44(96)35(87)24(11-77)113-71)123-62-29(73-20(6)81)55(120-65-48(100)40(92)31(83)16(2)107-65)53(26(13-79)115-62)118-70-60(46(98)37(89)23(10-76)112-70)125-67-50(102)42(94)33(85)18(4)109-67/h15-18,21-71,74-79,82-103H,8-14H2,1-7H3,(H,72,80)(H,73,81)/t15-,16-,17-,18-,21-,22-,23-,24-,25-,26-,27-,28-,29-,30+,31+,32+,33+,34-,35-,36+,37+,38-,39+,40+,41+,42+,43+,44+,45+,46+,47-,48-,49-,50-,51+,52-,53-,54-,55-,56+,57+,58+,59-,60-,61+,62+,63+,64-,65-,66-,67-,68+,69+,70+,71-/m1/s1. The van der Waals surface area contributed by atoms with Crippen LogP contribution in [0.3, 0.4) is 0 Å². The summed E-state index contributed by atoms with van der Waals surface area (Å²) in [6, 6.07) is -4.07. The second-order valence-corrected chi connectivity index (χ2v) is 32.5. The second kappa shape index (κ2) is 44.0. The van der Waals surface area contributed by atoms with Gasteiger partial charge in [0, 0.05) is 21.0 Å². The van der Waals surface area contributed by atoms with Gasteiger partial charge in [-0.05, 0) is 27.7 Å². The maximum absolute atomic E-state index is 13.6. The van der Waals surface area contributed by atoms with Crippen LogP contribution < -0.4 is 10.6 Å². The van der Waals surface area contributed by atoms with Crippen LogP contribution in [0.25, 0.3) is 0 Å². The summed E-state index contributed by atoms with van der Waals surface area (Å²) in [5, 5.41) is 318. The zero-order valence-corrected chi connectivity index (χ0v) is 68.0.